The summed E-state index contributed by atoms with van der Waals surface area (Å²) in [6.07, 6.45) is 101. The van der Waals surface area contributed by atoms with Gasteiger partial charge in [-0.25, -0.2) is 0 Å². The first kappa shape index (κ1) is 87.3. The number of allylic oxidation sites excluding steroid dienone is 4. The molecule has 0 spiro atoms. The van der Waals surface area contributed by atoms with Gasteiger partial charge in [-0.3, -0.25) is 9.59 Å². The summed E-state index contributed by atoms with van der Waals surface area (Å²) in [5, 5.41) is 23.5. The third kappa shape index (κ3) is 75.3. The van der Waals surface area contributed by atoms with E-state index < -0.39 is 12.1 Å². The van der Waals surface area contributed by atoms with Gasteiger partial charge in [0.25, 0.3) is 0 Å². The van der Waals surface area contributed by atoms with Crippen LogP contribution in [-0.2, 0) is 14.3 Å². The van der Waals surface area contributed by atoms with E-state index in [1.54, 1.807) is 0 Å². The number of carbonyl (C=O) groups excluding carboxylic acids is 2. The Morgan fingerprint density at radius 1 is 0.315 bits per heavy atom. The number of carbonyl (C=O) groups is 2. The summed E-state index contributed by atoms with van der Waals surface area (Å²) >= 11 is 0. The molecule has 6 nitrogen and oxygen atoms in total. The zero-order chi connectivity index (χ0) is 64.2. The lowest BCUT2D eigenvalue weighted by atomic mass is 10.0. The fraction of sp³-hybridized carbons (Fsp3) is 0.928. The molecule has 528 valence electrons. The Balaban J connectivity index is 3.32. The lowest BCUT2D eigenvalue weighted by Gasteiger charge is -2.22. The van der Waals surface area contributed by atoms with Crippen molar-refractivity contribution >= 4 is 11.9 Å². The van der Waals surface area contributed by atoms with E-state index in [9.17, 15) is 19.8 Å². The maximum absolute atomic E-state index is 12.6. The topological polar surface area (TPSA) is 95.9 Å². The number of nitrogens with one attached hydrogen (secondary N) is 1. The van der Waals surface area contributed by atoms with Gasteiger partial charge in [0.2, 0.25) is 5.91 Å². The van der Waals surface area contributed by atoms with E-state index in [0.717, 1.165) is 51.4 Å². The van der Waals surface area contributed by atoms with E-state index >= 15 is 0 Å². The van der Waals surface area contributed by atoms with Crippen LogP contribution in [0.25, 0.3) is 0 Å². The second kappa shape index (κ2) is 78.8. The average Bonchev–Trinajstić information content (AvgIpc) is 3.59. The van der Waals surface area contributed by atoms with Gasteiger partial charge >= 0.3 is 5.97 Å². The zero-order valence-corrected chi connectivity index (χ0v) is 60.7. The van der Waals surface area contributed by atoms with Gasteiger partial charge in [-0.05, 0) is 57.8 Å². The van der Waals surface area contributed by atoms with E-state index in [0.29, 0.717) is 25.9 Å². The molecule has 0 aromatic carbocycles. The number of unbranched alkanes of at least 4 members (excludes halogenated alkanes) is 63. The van der Waals surface area contributed by atoms with E-state index in [2.05, 4.69) is 43.5 Å². The van der Waals surface area contributed by atoms with Crippen molar-refractivity contribution in [3.05, 3.63) is 24.3 Å². The van der Waals surface area contributed by atoms with E-state index in [-0.39, 0.29) is 18.5 Å². The zero-order valence-electron chi connectivity index (χ0n) is 60.7. The lowest BCUT2D eigenvalue weighted by Crippen LogP contribution is -2.45. The molecule has 0 radical (unpaired) electrons. The Morgan fingerprint density at radius 3 is 0.876 bits per heavy atom. The first-order valence-corrected chi connectivity index (χ1v) is 41.1. The highest BCUT2D eigenvalue weighted by atomic mass is 16.5. The predicted molar refractivity (Wildman–Crippen MR) is 393 cm³/mol. The van der Waals surface area contributed by atoms with Crippen LogP contribution in [0.15, 0.2) is 24.3 Å². The molecular formula is C83H161NO5. The van der Waals surface area contributed by atoms with Crippen molar-refractivity contribution < 1.29 is 24.5 Å². The molecule has 2 atom stereocenters. The van der Waals surface area contributed by atoms with Gasteiger partial charge in [-0.2, -0.15) is 0 Å². The van der Waals surface area contributed by atoms with Gasteiger partial charge < -0.3 is 20.3 Å². The Kier molecular flexibility index (Phi) is 77.3. The van der Waals surface area contributed by atoms with Gasteiger partial charge in [-0.15, -0.1) is 0 Å². The molecule has 0 aliphatic carbocycles. The third-order valence-electron chi connectivity index (χ3n) is 19.5. The largest absolute Gasteiger partial charge is 0.466 e. The molecule has 0 aromatic rings. The van der Waals surface area contributed by atoms with E-state index in [1.165, 1.54) is 385 Å². The normalized spacial score (nSPS) is 12.5. The van der Waals surface area contributed by atoms with E-state index in [4.69, 9.17) is 4.74 Å². The molecule has 0 aliphatic rings. The Hall–Kier alpha value is -1.66. The smallest absolute Gasteiger partial charge is 0.305 e. The van der Waals surface area contributed by atoms with Crippen LogP contribution in [0.4, 0.5) is 0 Å². The SMILES string of the molecule is CCCCC/C=C\C/C=C\CCCCCCCCCC(=O)OCCCCCCCCCCCCCCCCCCCCCCCCCCCCCCCCCCCC(=O)NC(CO)C(O)CCCCCCCCCCCCCCCCCCCCCCCC. The Bertz CT molecular complexity index is 1400. The van der Waals surface area contributed by atoms with Crippen LogP contribution < -0.4 is 5.32 Å². The molecule has 0 fully saturated rings. The maximum Gasteiger partial charge on any atom is 0.305 e. The van der Waals surface area contributed by atoms with E-state index in [1.807, 2.05) is 0 Å². The van der Waals surface area contributed by atoms with Crippen molar-refractivity contribution in [3.8, 4) is 0 Å². The fourth-order valence-corrected chi connectivity index (χ4v) is 13.3. The van der Waals surface area contributed by atoms with Gasteiger partial charge in [0, 0.05) is 12.8 Å². The molecule has 2 unspecified atom stereocenters. The number of rotatable bonds is 78. The molecule has 0 rings (SSSR count). The summed E-state index contributed by atoms with van der Waals surface area (Å²) in [6, 6.07) is -0.539. The second-order valence-corrected chi connectivity index (χ2v) is 28.5. The lowest BCUT2D eigenvalue weighted by molar-refractivity contribution is -0.143. The highest BCUT2D eigenvalue weighted by Gasteiger charge is 2.20. The van der Waals surface area contributed by atoms with Crippen LogP contribution in [0.3, 0.4) is 0 Å². The molecule has 0 saturated heterocycles. The molecule has 6 heteroatoms. The highest BCUT2D eigenvalue weighted by molar-refractivity contribution is 5.76. The second-order valence-electron chi connectivity index (χ2n) is 28.5. The van der Waals surface area contributed by atoms with Crippen molar-refractivity contribution in [2.24, 2.45) is 0 Å². The quantitative estimate of drug-likeness (QED) is 0.0320. The number of amides is 1. The molecule has 3 N–H and O–H groups in total. The monoisotopic (exact) mass is 1250 g/mol. The minimum atomic E-state index is -0.662. The molecule has 89 heavy (non-hydrogen) atoms. The molecule has 0 aromatic heterocycles. The van der Waals surface area contributed by atoms with Crippen molar-refractivity contribution in [1.82, 2.24) is 5.32 Å². The maximum atomic E-state index is 12.6. The Morgan fingerprint density at radius 2 is 0.562 bits per heavy atom. The number of esters is 1. The predicted octanol–water partition coefficient (Wildman–Crippen LogP) is 27.2. The first-order chi connectivity index (χ1) is 44.0. The van der Waals surface area contributed by atoms with Gasteiger partial charge in [0.1, 0.15) is 0 Å². The Labute approximate surface area is 558 Å². The summed E-state index contributed by atoms with van der Waals surface area (Å²) in [5.41, 5.74) is 0. The summed E-state index contributed by atoms with van der Waals surface area (Å²) < 4.78 is 5.51. The highest BCUT2D eigenvalue weighted by Crippen LogP contribution is 2.21. The number of hydrogen-bond donors (Lipinski definition) is 3. The molecular weight excluding hydrogens is 1090 g/mol. The van der Waals surface area contributed by atoms with Crippen molar-refractivity contribution in [3.63, 3.8) is 0 Å². The summed E-state index contributed by atoms with van der Waals surface area (Å²) in [6.45, 7) is 4.98. The molecule has 1 amide bonds. The summed E-state index contributed by atoms with van der Waals surface area (Å²) in [4.78, 5) is 24.7. The van der Waals surface area contributed by atoms with Crippen molar-refractivity contribution in [2.45, 2.75) is 482 Å². The number of aliphatic hydroxyl groups excluding tert-OH is 2. The van der Waals surface area contributed by atoms with Gasteiger partial charge in [-0.1, -0.05) is 423 Å². The minimum Gasteiger partial charge on any atom is -0.466 e. The van der Waals surface area contributed by atoms with Gasteiger partial charge in [0.15, 0.2) is 0 Å². The summed E-state index contributed by atoms with van der Waals surface area (Å²) in [7, 11) is 0. The van der Waals surface area contributed by atoms with Crippen LogP contribution in [-0.4, -0.2) is 47.4 Å². The molecule has 0 aliphatic heterocycles. The number of ether oxygens (including phenoxy) is 1. The molecule has 0 saturated carbocycles. The van der Waals surface area contributed by atoms with Gasteiger partial charge in [0.05, 0.1) is 25.4 Å². The van der Waals surface area contributed by atoms with Crippen LogP contribution in [0.2, 0.25) is 0 Å². The van der Waals surface area contributed by atoms with Crippen molar-refractivity contribution in [1.29, 1.82) is 0 Å². The van der Waals surface area contributed by atoms with Crippen LogP contribution in [0, 0.1) is 0 Å². The van der Waals surface area contributed by atoms with Crippen molar-refractivity contribution in [2.75, 3.05) is 13.2 Å². The number of hydrogen-bond acceptors (Lipinski definition) is 5. The third-order valence-corrected chi connectivity index (χ3v) is 19.5. The van der Waals surface area contributed by atoms with Crippen LogP contribution in [0.5, 0.6) is 0 Å². The standard InChI is InChI=1S/C83H161NO5/c1-3-5-7-9-11-13-15-17-19-21-22-23-37-40-44-47-51-55-59-63-67-71-75-81(86)80(79-85)84-82(87)76-72-68-64-60-56-52-48-45-41-38-35-33-31-29-27-25-24-26-28-30-32-34-36-39-42-46-50-54-58-62-66-70-74-78-89-83(88)77-73-69-65-61-57-53-49-43-20-18-16-14-12-10-8-6-4-2/h12,14,18,20,80-81,85-86H,3-11,13,15-17,19,21-79H2,1-2H3,(H,84,87)/b14-12-,20-18-. The molecule has 0 bridgehead atoms. The average molecular weight is 1250 g/mol. The summed E-state index contributed by atoms with van der Waals surface area (Å²) in [5.74, 6) is -0.00942. The minimum absolute atomic E-state index is 0.0150. The molecule has 0 heterocycles. The number of aliphatic hydroxyl groups is 2. The first-order valence-electron chi connectivity index (χ1n) is 41.1. The fourth-order valence-electron chi connectivity index (χ4n) is 13.3. The van der Waals surface area contributed by atoms with Crippen LogP contribution in [0.1, 0.15) is 470 Å². The van der Waals surface area contributed by atoms with Crippen LogP contribution >= 0.6 is 0 Å².